The van der Waals surface area contributed by atoms with E-state index in [-0.39, 0.29) is 11.2 Å². The minimum atomic E-state index is -0.501. The molecule has 1 aromatic rings. The topological polar surface area (TPSA) is 43.4 Å². The lowest BCUT2D eigenvalue weighted by Crippen LogP contribution is -2.32. The molecule has 0 amide bonds. The maximum atomic E-state index is 10.7. The molecule has 0 aliphatic heterocycles. The average Bonchev–Trinajstić information content (AvgIpc) is 1.95. The third kappa shape index (κ3) is 1.94. The van der Waals surface area contributed by atoms with E-state index in [1.165, 1.54) is 6.07 Å². The van der Waals surface area contributed by atoms with Crippen molar-refractivity contribution in [3.63, 3.8) is 0 Å². The van der Waals surface area contributed by atoms with E-state index < -0.39 is 10.9 Å². The normalized spacial score (nSPS) is 11.9. The van der Waals surface area contributed by atoms with Crippen molar-refractivity contribution in [1.29, 1.82) is 0 Å². The van der Waals surface area contributed by atoms with Gasteiger partial charge in [0.05, 0.1) is 6.61 Å². The van der Waals surface area contributed by atoms with Gasteiger partial charge in [-0.25, -0.2) is 0 Å². The van der Waals surface area contributed by atoms with Crippen molar-refractivity contribution in [3.8, 4) is 5.75 Å². The van der Waals surface area contributed by atoms with Crippen molar-refractivity contribution in [1.82, 2.24) is 0 Å². The number of hydrogen-bond donors (Lipinski definition) is 0. The minimum absolute atomic E-state index is 0.0136. The van der Waals surface area contributed by atoms with E-state index in [1.54, 1.807) is 0 Å². The van der Waals surface area contributed by atoms with Gasteiger partial charge in [0, 0.05) is 6.07 Å². The maximum Gasteiger partial charge on any atom is 0.267 e. The van der Waals surface area contributed by atoms with Gasteiger partial charge >= 0.3 is 0 Å². The van der Waals surface area contributed by atoms with Crippen LogP contribution >= 0.6 is 0 Å². The number of ether oxygens (including phenoxy) is 1. The van der Waals surface area contributed by atoms with Crippen molar-refractivity contribution in [2.75, 3.05) is 6.61 Å². The lowest BCUT2D eigenvalue weighted by Gasteiger charge is -2.18. The third-order valence-electron chi connectivity index (χ3n) is 1.37. The summed E-state index contributed by atoms with van der Waals surface area (Å²) in [6.07, 6.45) is 0. The van der Waals surface area contributed by atoms with Crippen molar-refractivity contribution in [2.24, 2.45) is 5.41 Å². The van der Waals surface area contributed by atoms with Gasteiger partial charge in [-0.1, -0.05) is 20.8 Å². The van der Waals surface area contributed by atoms with Crippen molar-refractivity contribution >= 4 is 0 Å². The van der Waals surface area contributed by atoms with Gasteiger partial charge in [-0.2, -0.15) is 0 Å². The summed E-state index contributed by atoms with van der Waals surface area (Å²) in [6.45, 7) is 6.45. The smallest absolute Gasteiger partial charge is 0.267 e. The second kappa shape index (κ2) is 2.73. The van der Waals surface area contributed by atoms with Gasteiger partial charge in [0.2, 0.25) is 5.43 Å². The SMILES string of the molecule is CC(C)(C)COc1cc(=O)c1=O. The van der Waals surface area contributed by atoms with Gasteiger partial charge in [-0.05, 0) is 5.41 Å². The first-order valence-corrected chi connectivity index (χ1v) is 3.83. The van der Waals surface area contributed by atoms with E-state index in [2.05, 4.69) is 0 Å². The van der Waals surface area contributed by atoms with Gasteiger partial charge in [-0.15, -0.1) is 0 Å². The molecule has 0 unspecified atom stereocenters. The Morgan fingerprint density at radius 1 is 1.33 bits per heavy atom. The van der Waals surface area contributed by atoms with Crippen LogP contribution in [0, 0.1) is 5.41 Å². The van der Waals surface area contributed by atoms with Crippen LogP contribution in [0.15, 0.2) is 15.7 Å². The maximum absolute atomic E-state index is 10.7. The quantitative estimate of drug-likeness (QED) is 0.611. The molecule has 1 aromatic carbocycles. The first-order valence-electron chi connectivity index (χ1n) is 3.83. The standard InChI is InChI=1S/C9H12O3/c1-9(2,3)5-12-7-4-6(10)8(7)11/h4H,5H2,1-3H3. The molecule has 0 aromatic heterocycles. The lowest BCUT2D eigenvalue weighted by atomic mass is 9.99. The van der Waals surface area contributed by atoms with Gasteiger partial charge < -0.3 is 4.74 Å². The largest absolute Gasteiger partial charge is 0.489 e. The second-order valence-corrected chi connectivity index (χ2v) is 4.05. The summed E-state index contributed by atoms with van der Waals surface area (Å²) in [5.41, 5.74) is -0.946. The van der Waals surface area contributed by atoms with Gasteiger partial charge in [-0.3, -0.25) is 9.59 Å². The Kier molecular flexibility index (Phi) is 2.04. The van der Waals surface area contributed by atoms with Crippen LogP contribution < -0.4 is 15.6 Å². The van der Waals surface area contributed by atoms with Crippen LogP contribution in [0.2, 0.25) is 0 Å². The zero-order chi connectivity index (χ0) is 9.35. The van der Waals surface area contributed by atoms with Crippen LogP contribution in [0.1, 0.15) is 20.8 Å². The van der Waals surface area contributed by atoms with E-state index in [4.69, 9.17) is 4.74 Å². The number of rotatable bonds is 2. The van der Waals surface area contributed by atoms with E-state index in [0.29, 0.717) is 6.61 Å². The fourth-order valence-corrected chi connectivity index (χ4v) is 0.695. The summed E-state index contributed by atoms with van der Waals surface area (Å²) in [7, 11) is 0. The Balaban J connectivity index is 2.53. The summed E-state index contributed by atoms with van der Waals surface area (Å²) in [6, 6.07) is 1.23. The molecule has 3 nitrogen and oxygen atoms in total. The van der Waals surface area contributed by atoms with E-state index in [1.807, 2.05) is 20.8 Å². The monoisotopic (exact) mass is 168 g/mol. The molecular formula is C9H12O3. The van der Waals surface area contributed by atoms with Crippen LogP contribution in [0.3, 0.4) is 0 Å². The fourth-order valence-electron chi connectivity index (χ4n) is 0.695. The summed E-state index contributed by atoms with van der Waals surface area (Å²) in [4.78, 5) is 21.2. The summed E-state index contributed by atoms with van der Waals surface area (Å²) >= 11 is 0. The molecule has 0 spiro atoms. The highest BCUT2D eigenvalue weighted by Crippen LogP contribution is 2.14. The minimum Gasteiger partial charge on any atom is -0.489 e. The third-order valence-corrected chi connectivity index (χ3v) is 1.37. The molecule has 0 saturated carbocycles. The Labute approximate surface area is 70.7 Å². The van der Waals surface area contributed by atoms with Crippen LogP contribution in [0.4, 0.5) is 0 Å². The highest BCUT2D eigenvalue weighted by molar-refractivity contribution is 5.26. The molecule has 12 heavy (non-hydrogen) atoms. The van der Waals surface area contributed by atoms with E-state index in [9.17, 15) is 9.59 Å². The molecule has 0 N–H and O–H groups in total. The highest BCUT2D eigenvalue weighted by Gasteiger charge is 2.15. The summed E-state index contributed by atoms with van der Waals surface area (Å²) in [5, 5.41) is 0. The first-order chi connectivity index (χ1) is 5.40. The van der Waals surface area contributed by atoms with Crippen LogP contribution in [0.5, 0.6) is 5.75 Å². The van der Waals surface area contributed by atoms with Gasteiger partial charge in [0.25, 0.3) is 5.43 Å². The average molecular weight is 168 g/mol. The molecule has 0 atom stereocenters. The molecule has 0 fully saturated rings. The van der Waals surface area contributed by atoms with Gasteiger partial charge in [0.1, 0.15) is 0 Å². The Morgan fingerprint density at radius 2 is 1.92 bits per heavy atom. The van der Waals surface area contributed by atoms with Gasteiger partial charge in [0.15, 0.2) is 5.75 Å². The predicted octanol–water partition coefficient (Wildman–Crippen LogP) is 0.707. The molecular weight excluding hydrogens is 156 g/mol. The van der Waals surface area contributed by atoms with E-state index in [0.717, 1.165) is 0 Å². The molecule has 0 bridgehead atoms. The second-order valence-electron chi connectivity index (χ2n) is 4.05. The van der Waals surface area contributed by atoms with Crippen LogP contribution in [0.25, 0.3) is 0 Å². The van der Waals surface area contributed by atoms with E-state index >= 15 is 0 Å². The summed E-state index contributed by atoms with van der Waals surface area (Å²) < 4.78 is 5.12. The molecule has 0 aliphatic rings. The zero-order valence-corrected chi connectivity index (χ0v) is 7.51. The highest BCUT2D eigenvalue weighted by atomic mass is 16.5. The zero-order valence-electron chi connectivity index (χ0n) is 7.51. The predicted molar refractivity (Wildman–Crippen MR) is 46.3 cm³/mol. The van der Waals surface area contributed by atoms with Crippen molar-refractivity contribution < 1.29 is 4.74 Å². The van der Waals surface area contributed by atoms with Crippen LogP contribution in [-0.4, -0.2) is 6.61 Å². The van der Waals surface area contributed by atoms with Crippen LogP contribution in [-0.2, 0) is 0 Å². The van der Waals surface area contributed by atoms with Crippen molar-refractivity contribution in [3.05, 3.63) is 26.5 Å². The molecule has 0 saturated heterocycles. The van der Waals surface area contributed by atoms with Crippen molar-refractivity contribution in [2.45, 2.75) is 20.8 Å². The lowest BCUT2D eigenvalue weighted by molar-refractivity contribution is 0.194. The molecule has 0 aliphatic carbocycles. The Morgan fingerprint density at radius 3 is 2.25 bits per heavy atom. The first kappa shape index (κ1) is 8.97. The molecule has 0 radical (unpaired) electrons. The Bertz CT molecular complexity index is 337. The molecule has 3 heteroatoms. The molecule has 0 heterocycles. The fraction of sp³-hybridized carbons (Fsp3) is 0.556. The number of hydrogen-bond acceptors (Lipinski definition) is 3. The Hall–Kier alpha value is -1.12. The molecule has 1 rings (SSSR count). The molecule has 66 valence electrons. The summed E-state index contributed by atoms with van der Waals surface area (Å²) in [5.74, 6) is 0.204.